The van der Waals surface area contributed by atoms with Gasteiger partial charge in [0.05, 0.1) is 36.4 Å². The van der Waals surface area contributed by atoms with Gasteiger partial charge in [-0.05, 0) is 12.1 Å². The van der Waals surface area contributed by atoms with Crippen molar-refractivity contribution in [3.05, 3.63) is 70.5 Å². The van der Waals surface area contributed by atoms with E-state index in [1.807, 2.05) is 54.6 Å². The van der Waals surface area contributed by atoms with Crippen LogP contribution in [-0.2, 0) is 11.3 Å². The van der Waals surface area contributed by atoms with Crippen LogP contribution in [0.5, 0.6) is 0 Å². The molecule has 1 N–H and O–H groups in total. The Morgan fingerprint density at radius 3 is 2.60 bits per heavy atom. The van der Waals surface area contributed by atoms with Crippen LogP contribution in [0.1, 0.15) is 16.8 Å². The van der Waals surface area contributed by atoms with Gasteiger partial charge in [-0.15, -0.1) is 0 Å². The number of ketones is 1. The van der Waals surface area contributed by atoms with Crippen molar-refractivity contribution in [3.63, 3.8) is 0 Å². The molecule has 0 atom stereocenters. The number of benzene rings is 2. The number of Topliss-reactive ketones (excluding diaryl/α,β-unsaturated/α-hetero) is 1. The third kappa shape index (κ3) is 4.98. The highest BCUT2D eigenvalue weighted by Gasteiger charge is 2.16. The smallest absolute Gasteiger partial charge is 0.262 e. The SMILES string of the molecule is O=C(CSc1nc2ccccc2c(=O)n1CCC[NH+]1CCOCC1)c1ccccc1. The van der Waals surface area contributed by atoms with Gasteiger partial charge in [0, 0.05) is 18.5 Å². The Morgan fingerprint density at radius 1 is 1.07 bits per heavy atom. The van der Waals surface area contributed by atoms with Crippen LogP contribution in [0.25, 0.3) is 10.9 Å². The second kappa shape index (κ2) is 10.0. The molecule has 1 aliphatic rings. The molecule has 0 saturated carbocycles. The number of para-hydroxylation sites is 1. The van der Waals surface area contributed by atoms with E-state index in [0.717, 1.165) is 39.3 Å². The average molecular weight is 425 g/mol. The normalized spacial score (nSPS) is 14.8. The molecule has 0 unspecified atom stereocenters. The molecule has 6 nitrogen and oxygen atoms in total. The number of quaternary nitrogens is 1. The van der Waals surface area contributed by atoms with Crippen molar-refractivity contribution in [3.8, 4) is 0 Å². The van der Waals surface area contributed by atoms with Crippen molar-refractivity contribution >= 4 is 28.4 Å². The number of carbonyl (C=O) groups is 1. The van der Waals surface area contributed by atoms with E-state index in [4.69, 9.17) is 9.72 Å². The van der Waals surface area contributed by atoms with Crippen molar-refractivity contribution < 1.29 is 14.4 Å². The summed E-state index contributed by atoms with van der Waals surface area (Å²) < 4.78 is 7.16. The molecule has 0 amide bonds. The minimum absolute atomic E-state index is 0.0346. The van der Waals surface area contributed by atoms with Crippen molar-refractivity contribution in [2.24, 2.45) is 0 Å². The number of fused-ring (bicyclic) bond motifs is 1. The van der Waals surface area contributed by atoms with Gasteiger partial charge >= 0.3 is 0 Å². The Bertz CT molecular complexity index is 1060. The van der Waals surface area contributed by atoms with Crippen LogP contribution >= 0.6 is 11.8 Å². The van der Waals surface area contributed by atoms with Gasteiger partial charge in [-0.1, -0.05) is 54.2 Å². The highest BCUT2D eigenvalue weighted by atomic mass is 32.2. The van der Waals surface area contributed by atoms with Gasteiger partial charge in [-0.25, -0.2) is 4.98 Å². The lowest BCUT2D eigenvalue weighted by Crippen LogP contribution is -3.14. The van der Waals surface area contributed by atoms with Gasteiger partial charge in [0.1, 0.15) is 13.1 Å². The Morgan fingerprint density at radius 2 is 1.80 bits per heavy atom. The number of aromatic nitrogens is 2. The van der Waals surface area contributed by atoms with Crippen molar-refractivity contribution in [2.45, 2.75) is 18.1 Å². The first-order valence-electron chi connectivity index (χ1n) is 10.3. The molecule has 3 aromatic rings. The molecule has 7 heteroatoms. The van der Waals surface area contributed by atoms with E-state index >= 15 is 0 Å². The third-order valence-electron chi connectivity index (χ3n) is 5.37. The zero-order valence-electron chi connectivity index (χ0n) is 16.9. The van der Waals surface area contributed by atoms with E-state index < -0.39 is 0 Å². The number of nitrogens with one attached hydrogen (secondary N) is 1. The molecule has 0 radical (unpaired) electrons. The Labute approximate surface area is 179 Å². The maximum Gasteiger partial charge on any atom is 0.262 e. The first kappa shape index (κ1) is 20.8. The summed E-state index contributed by atoms with van der Waals surface area (Å²) in [6.07, 6.45) is 0.884. The van der Waals surface area contributed by atoms with E-state index in [1.54, 1.807) is 4.57 Å². The fourth-order valence-electron chi connectivity index (χ4n) is 3.69. The Kier molecular flexibility index (Phi) is 6.94. The molecular formula is C23H26N3O3S+. The lowest BCUT2D eigenvalue weighted by molar-refractivity contribution is -0.908. The van der Waals surface area contributed by atoms with Gasteiger partial charge in [0.15, 0.2) is 10.9 Å². The Hall–Kier alpha value is -2.48. The van der Waals surface area contributed by atoms with Crippen molar-refractivity contribution in [2.75, 3.05) is 38.6 Å². The summed E-state index contributed by atoms with van der Waals surface area (Å²) in [5, 5.41) is 1.23. The minimum atomic E-state index is -0.0350. The van der Waals surface area contributed by atoms with E-state index in [-0.39, 0.29) is 17.1 Å². The van der Waals surface area contributed by atoms with Crippen molar-refractivity contribution in [1.29, 1.82) is 0 Å². The molecule has 1 fully saturated rings. The van der Waals surface area contributed by atoms with E-state index in [2.05, 4.69) is 0 Å². The zero-order chi connectivity index (χ0) is 20.8. The molecule has 1 saturated heterocycles. The quantitative estimate of drug-likeness (QED) is 0.339. The van der Waals surface area contributed by atoms with Gasteiger partial charge in [-0.3, -0.25) is 14.2 Å². The molecule has 0 aliphatic carbocycles. The molecule has 4 rings (SSSR count). The van der Waals surface area contributed by atoms with Crippen LogP contribution in [0.4, 0.5) is 0 Å². The maximum atomic E-state index is 13.1. The van der Waals surface area contributed by atoms with Crippen LogP contribution in [0.3, 0.4) is 0 Å². The summed E-state index contributed by atoms with van der Waals surface area (Å²) in [6.45, 7) is 5.22. The predicted molar refractivity (Wildman–Crippen MR) is 118 cm³/mol. The topological polar surface area (TPSA) is 65.6 Å². The highest BCUT2D eigenvalue weighted by molar-refractivity contribution is 7.99. The van der Waals surface area contributed by atoms with Gasteiger partial charge < -0.3 is 9.64 Å². The lowest BCUT2D eigenvalue weighted by atomic mass is 10.2. The maximum absolute atomic E-state index is 13.1. The van der Waals surface area contributed by atoms with Gasteiger partial charge in [0.25, 0.3) is 5.56 Å². The monoisotopic (exact) mass is 424 g/mol. The fraction of sp³-hybridized carbons (Fsp3) is 0.348. The van der Waals surface area contributed by atoms with E-state index in [0.29, 0.717) is 28.2 Å². The molecular weight excluding hydrogens is 398 g/mol. The summed E-state index contributed by atoms with van der Waals surface area (Å²) in [7, 11) is 0. The molecule has 0 bridgehead atoms. The van der Waals surface area contributed by atoms with Gasteiger partial charge in [-0.2, -0.15) is 0 Å². The first-order chi connectivity index (χ1) is 14.7. The zero-order valence-corrected chi connectivity index (χ0v) is 17.7. The number of morpholine rings is 1. The molecule has 156 valence electrons. The third-order valence-corrected chi connectivity index (χ3v) is 6.34. The second-order valence-electron chi connectivity index (χ2n) is 7.41. The fourth-order valence-corrected chi connectivity index (χ4v) is 4.61. The number of thioether (sulfide) groups is 1. The average Bonchev–Trinajstić information content (AvgIpc) is 2.80. The summed E-state index contributed by atoms with van der Waals surface area (Å²) in [5.74, 6) is 0.288. The number of ether oxygens (including phenoxy) is 1. The largest absolute Gasteiger partial charge is 0.370 e. The number of nitrogens with zero attached hydrogens (tertiary/aromatic N) is 2. The van der Waals surface area contributed by atoms with Crippen molar-refractivity contribution in [1.82, 2.24) is 9.55 Å². The number of rotatable bonds is 8. The highest BCUT2D eigenvalue weighted by Crippen LogP contribution is 2.19. The van der Waals surface area contributed by atoms with Crippen LogP contribution in [-0.4, -0.2) is 53.9 Å². The molecule has 30 heavy (non-hydrogen) atoms. The van der Waals surface area contributed by atoms with Crippen LogP contribution in [0, 0.1) is 0 Å². The molecule has 2 aromatic carbocycles. The minimum Gasteiger partial charge on any atom is -0.370 e. The van der Waals surface area contributed by atoms with Crippen LogP contribution in [0.15, 0.2) is 64.5 Å². The molecule has 1 aromatic heterocycles. The van der Waals surface area contributed by atoms with Gasteiger partial charge in [0.2, 0.25) is 0 Å². The predicted octanol–water partition coefficient (Wildman–Crippen LogP) is 1.68. The summed E-state index contributed by atoms with van der Waals surface area (Å²) in [5.41, 5.74) is 1.31. The number of carbonyl (C=O) groups excluding carboxylic acids is 1. The number of hydrogen-bond acceptors (Lipinski definition) is 5. The summed E-state index contributed by atoms with van der Waals surface area (Å²) >= 11 is 1.34. The first-order valence-corrected chi connectivity index (χ1v) is 11.3. The lowest BCUT2D eigenvalue weighted by Gasteiger charge is -2.24. The summed E-state index contributed by atoms with van der Waals surface area (Å²) in [6, 6.07) is 16.6. The summed E-state index contributed by atoms with van der Waals surface area (Å²) in [4.78, 5) is 31.9. The standard InChI is InChI=1S/C23H25N3O3S/c27-21(18-7-2-1-3-8-18)17-30-23-24-20-10-5-4-9-19(20)22(28)26(23)12-6-11-25-13-15-29-16-14-25/h1-5,7-10H,6,11-17H2/p+1. The van der Waals surface area contributed by atoms with Crippen LogP contribution in [0.2, 0.25) is 0 Å². The molecule has 2 heterocycles. The second-order valence-corrected chi connectivity index (χ2v) is 8.35. The molecule has 1 aliphatic heterocycles. The Balaban J connectivity index is 1.53. The number of hydrogen-bond donors (Lipinski definition) is 1. The van der Waals surface area contributed by atoms with Crippen LogP contribution < -0.4 is 10.5 Å². The van der Waals surface area contributed by atoms with E-state index in [1.165, 1.54) is 16.7 Å². The molecule has 0 spiro atoms. The van der Waals surface area contributed by atoms with E-state index in [9.17, 15) is 9.59 Å².